The van der Waals surface area contributed by atoms with Crippen molar-refractivity contribution in [2.75, 3.05) is 20.3 Å². The molecule has 0 spiro atoms. The minimum Gasteiger partial charge on any atom is -0.388 e. The van der Waals surface area contributed by atoms with Crippen molar-refractivity contribution < 1.29 is 14.6 Å². The smallest absolute Gasteiger partial charge is 0.291 e. The maximum Gasteiger partial charge on any atom is 0.291 e. The monoisotopic (exact) mass is 293 g/mol. The van der Waals surface area contributed by atoms with Crippen LogP contribution in [-0.4, -0.2) is 56.5 Å². The summed E-state index contributed by atoms with van der Waals surface area (Å²) >= 11 is 0. The van der Waals surface area contributed by atoms with E-state index in [1.54, 1.807) is 26.3 Å². The first-order valence-corrected chi connectivity index (χ1v) is 6.61. The molecule has 2 heterocycles. The molecule has 8 heteroatoms. The van der Waals surface area contributed by atoms with Crippen LogP contribution in [0.4, 0.5) is 0 Å². The van der Waals surface area contributed by atoms with Crippen LogP contribution in [-0.2, 0) is 4.74 Å². The molecule has 114 valence electrons. The van der Waals surface area contributed by atoms with Gasteiger partial charge in [0.25, 0.3) is 11.7 Å². The van der Waals surface area contributed by atoms with Crippen molar-refractivity contribution in [2.45, 2.75) is 25.9 Å². The number of ether oxygens (including phenoxy) is 1. The zero-order valence-corrected chi connectivity index (χ0v) is 12.3. The molecule has 1 atom stereocenters. The Bertz CT molecular complexity index is 638. The lowest BCUT2D eigenvalue weighted by Crippen LogP contribution is -2.41. The maximum atomic E-state index is 12.0. The van der Waals surface area contributed by atoms with Crippen molar-refractivity contribution in [3.63, 3.8) is 0 Å². The van der Waals surface area contributed by atoms with Gasteiger partial charge in [-0.25, -0.2) is 9.50 Å². The molecule has 2 N–H and O–H groups in total. The van der Waals surface area contributed by atoms with Gasteiger partial charge >= 0.3 is 0 Å². The Morgan fingerprint density at radius 2 is 2.33 bits per heavy atom. The van der Waals surface area contributed by atoms with Crippen molar-refractivity contribution in [1.82, 2.24) is 24.9 Å². The number of aryl methyl sites for hydroxylation is 1. The highest BCUT2D eigenvalue weighted by Crippen LogP contribution is 2.08. The van der Waals surface area contributed by atoms with Crippen LogP contribution < -0.4 is 5.32 Å². The van der Waals surface area contributed by atoms with Crippen LogP contribution in [0.3, 0.4) is 0 Å². The van der Waals surface area contributed by atoms with Gasteiger partial charge in [0, 0.05) is 38.6 Å². The molecule has 0 bridgehead atoms. The van der Waals surface area contributed by atoms with Crippen molar-refractivity contribution >= 4 is 11.7 Å². The van der Waals surface area contributed by atoms with E-state index < -0.39 is 11.5 Å². The molecule has 2 aromatic rings. The van der Waals surface area contributed by atoms with Gasteiger partial charge in [-0.1, -0.05) is 0 Å². The summed E-state index contributed by atoms with van der Waals surface area (Å²) in [5, 5.41) is 16.8. The van der Waals surface area contributed by atoms with Crippen LogP contribution in [0.1, 0.15) is 29.7 Å². The predicted molar refractivity (Wildman–Crippen MR) is 75.0 cm³/mol. The third kappa shape index (κ3) is 3.73. The van der Waals surface area contributed by atoms with Crippen LogP contribution in [0.15, 0.2) is 12.3 Å². The fraction of sp³-hybridized carbons (Fsp3) is 0.538. The van der Waals surface area contributed by atoms with Crippen LogP contribution in [0.5, 0.6) is 0 Å². The summed E-state index contributed by atoms with van der Waals surface area (Å²) in [5.41, 5.74) is -0.211. The Kier molecular flexibility index (Phi) is 4.49. The van der Waals surface area contributed by atoms with Gasteiger partial charge in [-0.15, -0.1) is 5.10 Å². The van der Waals surface area contributed by atoms with Gasteiger partial charge in [0.1, 0.15) is 0 Å². The van der Waals surface area contributed by atoms with Crippen LogP contribution >= 0.6 is 0 Å². The van der Waals surface area contributed by atoms with E-state index in [0.29, 0.717) is 18.8 Å². The Morgan fingerprint density at radius 3 is 3.00 bits per heavy atom. The van der Waals surface area contributed by atoms with E-state index >= 15 is 0 Å². The molecule has 21 heavy (non-hydrogen) atoms. The minimum absolute atomic E-state index is 0.0272. The van der Waals surface area contributed by atoms with Gasteiger partial charge in [-0.3, -0.25) is 4.79 Å². The first kappa shape index (κ1) is 15.3. The molecule has 8 nitrogen and oxygen atoms in total. The van der Waals surface area contributed by atoms with Crippen molar-refractivity contribution in [3.05, 3.63) is 23.8 Å². The van der Waals surface area contributed by atoms with Gasteiger partial charge in [0.2, 0.25) is 5.82 Å². The van der Waals surface area contributed by atoms with Crippen LogP contribution in [0.25, 0.3) is 5.78 Å². The third-order valence-electron chi connectivity index (χ3n) is 3.11. The number of rotatable bonds is 6. The fourth-order valence-corrected chi connectivity index (χ4v) is 1.76. The van der Waals surface area contributed by atoms with Gasteiger partial charge < -0.3 is 15.2 Å². The molecular formula is C13H19N5O3. The number of carbonyl (C=O) groups is 1. The van der Waals surface area contributed by atoms with Crippen molar-refractivity contribution in [3.8, 4) is 0 Å². The summed E-state index contributed by atoms with van der Waals surface area (Å²) in [5.74, 6) is -0.0526. The topological polar surface area (TPSA) is 102 Å². The van der Waals surface area contributed by atoms with Gasteiger partial charge in [-0.2, -0.15) is 4.98 Å². The molecule has 1 unspecified atom stereocenters. The van der Waals surface area contributed by atoms with Crippen molar-refractivity contribution in [2.24, 2.45) is 0 Å². The van der Waals surface area contributed by atoms with Gasteiger partial charge in [0.15, 0.2) is 0 Å². The summed E-state index contributed by atoms with van der Waals surface area (Å²) in [4.78, 5) is 20.1. The lowest BCUT2D eigenvalue weighted by atomic mass is 10.0. The third-order valence-corrected chi connectivity index (χ3v) is 3.11. The molecule has 1 amide bonds. The van der Waals surface area contributed by atoms with Gasteiger partial charge in [-0.05, 0) is 19.9 Å². The number of amides is 1. The van der Waals surface area contributed by atoms with E-state index in [4.69, 9.17) is 4.74 Å². The fourth-order valence-electron chi connectivity index (χ4n) is 1.76. The Labute approximate surface area is 122 Å². The highest BCUT2D eigenvalue weighted by molar-refractivity contribution is 5.90. The molecule has 0 aliphatic carbocycles. The van der Waals surface area contributed by atoms with Gasteiger partial charge in [0.05, 0.1) is 5.60 Å². The molecule has 0 saturated carbocycles. The molecule has 0 saturated heterocycles. The molecule has 0 radical (unpaired) electrons. The normalized spacial score (nSPS) is 14.1. The Hall–Kier alpha value is -2.06. The van der Waals surface area contributed by atoms with E-state index in [2.05, 4.69) is 20.4 Å². The van der Waals surface area contributed by atoms with Crippen molar-refractivity contribution in [1.29, 1.82) is 0 Å². The number of aromatic nitrogens is 4. The lowest BCUT2D eigenvalue weighted by Gasteiger charge is -2.22. The molecule has 0 aliphatic rings. The standard InChI is InChI=1S/C13H19N5O3/c1-9-4-6-14-12-16-10(17-18(9)12)11(19)15-8-13(2,20)5-7-21-3/h4,6,20H,5,7-8H2,1-3H3,(H,15,19). The van der Waals surface area contributed by atoms with E-state index in [-0.39, 0.29) is 12.4 Å². The zero-order valence-electron chi connectivity index (χ0n) is 12.3. The zero-order chi connectivity index (χ0) is 15.5. The molecule has 2 aromatic heterocycles. The minimum atomic E-state index is -1.04. The lowest BCUT2D eigenvalue weighted by molar-refractivity contribution is 0.0242. The summed E-state index contributed by atoms with van der Waals surface area (Å²) < 4.78 is 6.41. The molecule has 0 fully saturated rings. The number of methoxy groups -OCH3 is 1. The highest BCUT2D eigenvalue weighted by Gasteiger charge is 2.22. The average molecular weight is 293 g/mol. The maximum absolute atomic E-state index is 12.0. The van der Waals surface area contributed by atoms with E-state index in [1.807, 2.05) is 6.92 Å². The second kappa shape index (κ2) is 6.15. The summed E-state index contributed by atoms with van der Waals surface area (Å²) in [7, 11) is 1.56. The number of carbonyl (C=O) groups excluding carboxylic acids is 1. The molecule has 0 aromatic carbocycles. The molecule has 0 aliphatic heterocycles. The first-order chi connectivity index (χ1) is 9.93. The largest absolute Gasteiger partial charge is 0.388 e. The predicted octanol–water partition coefficient (Wildman–Crippen LogP) is -0.0500. The summed E-state index contributed by atoms with van der Waals surface area (Å²) in [6.45, 7) is 3.99. The number of fused-ring (bicyclic) bond motifs is 1. The number of nitrogens with zero attached hydrogens (tertiary/aromatic N) is 4. The Morgan fingerprint density at radius 1 is 1.57 bits per heavy atom. The number of aliphatic hydroxyl groups is 1. The van der Waals surface area contributed by atoms with Crippen LogP contribution in [0, 0.1) is 6.92 Å². The number of hydrogen-bond donors (Lipinski definition) is 2. The average Bonchev–Trinajstić information content (AvgIpc) is 2.88. The second-order valence-electron chi connectivity index (χ2n) is 5.16. The quantitative estimate of drug-likeness (QED) is 0.774. The highest BCUT2D eigenvalue weighted by atomic mass is 16.5. The summed E-state index contributed by atoms with van der Waals surface area (Å²) in [6, 6.07) is 1.78. The van der Waals surface area contributed by atoms with Crippen LogP contribution in [0.2, 0.25) is 0 Å². The number of hydrogen-bond acceptors (Lipinski definition) is 6. The molecule has 2 rings (SSSR count). The van der Waals surface area contributed by atoms with E-state index in [1.165, 1.54) is 4.52 Å². The number of nitrogens with one attached hydrogen (secondary N) is 1. The molecular weight excluding hydrogens is 274 g/mol. The van der Waals surface area contributed by atoms with E-state index in [9.17, 15) is 9.90 Å². The SMILES string of the molecule is COCCC(C)(O)CNC(=O)c1nc2nccc(C)n2n1. The first-order valence-electron chi connectivity index (χ1n) is 6.61. The van der Waals surface area contributed by atoms with E-state index in [0.717, 1.165) is 5.69 Å². The second-order valence-corrected chi connectivity index (χ2v) is 5.16. The Balaban J connectivity index is 2.04. The summed E-state index contributed by atoms with van der Waals surface area (Å²) in [6.07, 6.45) is 2.03.